The van der Waals surface area contributed by atoms with Gasteiger partial charge in [-0.2, -0.15) is 16.3 Å². The number of nitrogens with one attached hydrogen (secondary N) is 1. The number of benzene rings is 1. The number of nitrogens with zero attached hydrogens (tertiary/aromatic N) is 2. The Bertz CT molecular complexity index is 778. The van der Waals surface area contributed by atoms with E-state index in [1.807, 2.05) is 42.8 Å². The van der Waals surface area contributed by atoms with Gasteiger partial charge in [0.2, 0.25) is 5.82 Å². The van der Waals surface area contributed by atoms with Gasteiger partial charge < -0.3 is 9.84 Å². The monoisotopic (exact) mass is 313 g/mol. The number of aromatic nitrogens is 2. The van der Waals surface area contributed by atoms with Crippen LogP contribution in [-0.2, 0) is 0 Å². The molecule has 0 aliphatic carbocycles. The van der Waals surface area contributed by atoms with Gasteiger partial charge in [-0.15, -0.1) is 0 Å². The fourth-order valence-electron chi connectivity index (χ4n) is 1.99. The van der Waals surface area contributed by atoms with Gasteiger partial charge in [0.1, 0.15) is 0 Å². The van der Waals surface area contributed by atoms with Crippen LogP contribution in [0.4, 0.5) is 0 Å². The zero-order valence-corrected chi connectivity index (χ0v) is 13.1. The number of carbonyl (C=O) groups is 1. The molecule has 0 fully saturated rings. The summed E-state index contributed by atoms with van der Waals surface area (Å²) in [4.78, 5) is 16.4. The number of carbonyl (C=O) groups excluding carboxylic acids is 1. The van der Waals surface area contributed by atoms with Crippen LogP contribution in [0.15, 0.2) is 45.6 Å². The summed E-state index contributed by atoms with van der Waals surface area (Å²) in [6.07, 6.45) is 0. The maximum Gasteiger partial charge on any atom is 0.259 e. The van der Waals surface area contributed by atoms with Gasteiger partial charge in [-0.05, 0) is 37.4 Å². The highest BCUT2D eigenvalue weighted by atomic mass is 32.1. The van der Waals surface area contributed by atoms with Crippen molar-refractivity contribution in [2.45, 2.75) is 19.9 Å². The predicted octanol–water partition coefficient (Wildman–Crippen LogP) is 3.60. The molecule has 0 radical (unpaired) electrons. The van der Waals surface area contributed by atoms with Crippen LogP contribution in [0.5, 0.6) is 0 Å². The van der Waals surface area contributed by atoms with Crippen LogP contribution in [0.2, 0.25) is 0 Å². The summed E-state index contributed by atoms with van der Waals surface area (Å²) >= 11 is 1.57. The molecule has 1 aromatic carbocycles. The minimum atomic E-state index is -0.113. The molecule has 0 bridgehead atoms. The van der Waals surface area contributed by atoms with Crippen molar-refractivity contribution in [2.24, 2.45) is 0 Å². The summed E-state index contributed by atoms with van der Waals surface area (Å²) in [5, 5.41) is 10.8. The largest absolute Gasteiger partial charge is 0.350 e. The molecule has 1 N–H and O–H groups in total. The molecule has 2 aromatic heterocycles. The molecule has 0 atom stereocenters. The predicted molar refractivity (Wildman–Crippen MR) is 85.6 cm³/mol. The summed E-state index contributed by atoms with van der Waals surface area (Å²) in [6, 6.07) is 9.21. The number of hydrogen-bond donors (Lipinski definition) is 1. The quantitative estimate of drug-likeness (QED) is 0.799. The lowest BCUT2D eigenvalue weighted by Gasteiger charge is -2.08. The van der Waals surface area contributed by atoms with Crippen LogP contribution in [-0.4, -0.2) is 22.1 Å². The number of thiophene rings is 1. The zero-order valence-electron chi connectivity index (χ0n) is 12.2. The highest BCUT2D eigenvalue weighted by Crippen LogP contribution is 2.24. The summed E-state index contributed by atoms with van der Waals surface area (Å²) < 4.78 is 5.27. The van der Waals surface area contributed by atoms with Crippen molar-refractivity contribution in [3.05, 3.63) is 46.7 Å². The molecule has 5 nitrogen and oxygen atoms in total. The number of rotatable bonds is 4. The highest BCUT2D eigenvalue weighted by Gasteiger charge is 2.13. The maximum absolute atomic E-state index is 12.1. The molecule has 0 saturated heterocycles. The van der Waals surface area contributed by atoms with E-state index >= 15 is 0 Å². The van der Waals surface area contributed by atoms with Crippen molar-refractivity contribution < 1.29 is 9.32 Å². The molecule has 0 spiro atoms. The Morgan fingerprint density at radius 2 is 2.14 bits per heavy atom. The first kappa shape index (κ1) is 14.5. The maximum atomic E-state index is 12.1. The normalized spacial score (nSPS) is 10.9. The fraction of sp³-hybridized carbons (Fsp3) is 0.188. The van der Waals surface area contributed by atoms with Crippen molar-refractivity contribution >= 4 is 17.2 Å². The SMILES string of the molecule is CC(C)NC(=O)c1cccc(-c2noc(-c3ccsc3)n2)c1. The van der Waals surface area contributed by atoms with E-state index in [2.05, 4.69) is 15.5 Å². The Kier molecular flexibility index (Phi) is 4.02. The molecule has 22 heavy (non-hydrogen) atoms. The van der Waals surface area contributed by atoms with Gasteiger partial charge in [0.05, 0.1) is 5.56 Å². The molecule has 6 heteroatoms. The molecule has 1 amide bonds. The van der Waals surface area contributed by atoms with Gasteiger partial charge in [-0.1, -0.05) is 17.3 Å². The van der Waals surface area contributed by atoms with Crippen LogP contribution >= 0.6 is 11.3 Å². The third-order valence-corrected chi connectivity index (χ3v) is 3.68. The summed E-state index contributed by atoms with van der Waals surface area (Å²) in [6.45, 7) is 3.85. The molecule has 2 heterocycles. The average Bonchev–Trinajstić information content (AvgIpc) is 3.18. The van der Waals surface area contributed by atoms with Crippen molar-refractivity contribution in [3.8, 4) is 22.8 Å². The second-order valence-electron chi connectivity index (χ2n) is 5.14. The van der Waals surface area contributed by atoms with Crippen molar-refractivity contribution in [2.75, 3.05) is 0 Å². The van der Waals surface area contributed by atoms with E-state index in [9.17, 15) is 4.79 Å². The molecule has 0 aliphatic heterocycles. The number of amides is 1. The van der Waals surface area contributed by atoms with Gasteiger partial charge in [0, 0.05) is 22.5 Å². The summed E-state index contributed by atoms with van der Waals surface area (Å²) in [5.74, 6) is 0.840. The minimum Gasteiger partial charge on any atom is -0.350 e. The Morgan fingerprint density at radius 1 is 1.27 bits per heavy atom. The lowest BCUT2D eigenvalue weighted by molar-refractivity contribution is 0.0943. The molecule has 0 aliphatic rings. The highest BCUT2D eigenvalue weighted by molar-refractivity contribution is 7.08. The third kappa shape index (κ3) is 3.07. The molecule has 0 unspecified atom stereocenters. The first-order valence-corrected chi connectivity index (χ1v) is 7.85. The molecule has 0 saturated carbocycles. The lowest BCUT2D eigenvalue weighted by atomic mass is 10.1. The van der Waals surface area contributed by atoms with E-state index in [1.165, 1.54) is 0 Å². The lowest BCUT2D eigenvalue weighted by Crippen LogP contribution is -2.30. The van der Waals surface area contributed by atoms with E-state index in [0.29, 0.717) is 17.3 Å². The minimum absolute atomic E-state index is 0.0894. The van der Waals surface area contributed by atoms with Crippen LogP contribution in [0.25, 0.3) is 22.8 Å². The van der Waals surface area contributed by atoms with Gasteiger partial charge in [0.15, 0.2) is 0 Å². The van der Waals surface area contributed by atoms with Crippen molar-refractivity contribution in [3.63, 3.8) is 0 Å². The van der Waals surface area contributed by atoms with E-state index in [0.717, 1.165) is 11.1 Å². The van der Waals surface area contributed by atoms with Crippen LogP contribution < -0.4 is 5.32 Å². The fourth-order valence-corrected chi connectivity index (χ4v) is 2.62. The van der Waals surface area contributed by atoms with Gasteiger partial charge in [-0.25, -0.2) is 0 Å². The third-order valence-electron chi connectivity index (χ3n) is 3.00. The first-order valence-electron chi connectivity index (χ1n) is 6.91. The Morgan fingerprint density at radius 3 is 2.86 bits per heavy atom. The smallest absolute Gasteiger partial charge is 0.259 e. The van der Waals surface area contributed by atoms with Gasteiger partial charge in [-0.3, -0.25) is 4.79 Å². The molecular formula is C16H15N3O2S. The van der Waals surface area contributed by atoms with Crippen LogP contribution in [0.3, 0.4) is 0 Å². The molecule has 3 aromatic rings. The molecule has 112 valence electrons. The van der Waals surface area contributed by atoms with E-state index in [1.54, 1.807) is 23.5 Å². The summed E-state index contributed by atoms with van der Waals surface area (Å²) in [7, 11) is 0. The van der Waals surface area contributed by atoms with Gasteiger partial charge in [0.25, 0.3) is 11.8 Å². The first-order chi connectivity index (χ1) is 10.6. The summed E-state index contributed by atoms with van der Waals surface area (Å²) in [5.41, 5.74) is 2.23. The zero-order chi connectivity index (χ0) is 15.5. The van der Waals surface area contributed by atoms with Crippen molar-refractivity contribution in [1.82, 2.24) is 15.5 Å². The van der Waals surface area contributed by atoms with Crippen molar-refractivity contribution in [1.29, 1.82) is 0 Å². The van der Waals surface area contributed by atoms with Crippen LogP contribution in [0.1, 0.15) is 24.2 Å². The molecule has 3 rings (SSSR count). The second kappa shape index (κ2) is 6.11. The topological polar surface area (TPSA) is 68.0 Å². The standard InChI is InChI=1S/C16H15N3O2S/c1-10(2)17-15(20)12-5-3-4-11(8-12)14-18-16(21-19-14)13-6-7-22-9-13/h3-10H,1-2H3,(H,17,20). The second-order valence-corrected chi connectivity index (χ2v) is 5.92. The van der Waals surface area contributed by atoms with E-state index in [4.69, 9.17) is 4.52 Å². The van der Waals surface area contributed by atoms with E-state index in [-0.39, 0.29) is 11.9 Å². The van der Waals surface area contributed by atoms with Gasteiger partial charge >= 0.3 is 0 Å². The average molecular weight is 313 g/mol. The Hall–Kier alpha value is -2.47. The molecular weight excluding hydrogens is 298 g/mol. The number of hydrogen-bond acceptors (Lipinski definition) is 5. The Balaban J connectivity index is 1.88. The van der Waals surface area contributed by atoms with E-state index < -0.39 is 0 Å². The van der Waals surface area contributed by atoms with Crippen LogP contribution in [0, 0.1) is 0 Å². The Labute approximate surface area is 132 Å².